The van der Waals surface area contributed by atoms with Gasteiger partial charge in [-0.2, -0.15) is 9.98 Å². The van der Waals surface area contributed by atoms with Crippen molar-refractivity contribution in [1.29, 1.82) is 0 Å². The Hall–Kier alpha value is -2.52. The minimum absolute atomic E-state index is 0.0793. The van der Waals surface area contributed by atoms with Crippen LogP contribution >= 0.6 is 0 Å². The number of hydrogen-bond acceptors (Lipinski definition) is 2. The molecule has 10 heteroatoms. The molecule has 0 radical (unpaired) electrons. The molecule has 10 nitrogen and oxygen atoms in total. The fourth-order valence-corrected chi connectivity index (χ4v) is 1.65. The first kappa shape index (κ1) is 19.5. The second kappa shape index (κ2) is 12.2. The summed E-state index contributed by atoms with van der Waals surface area (Å²) in [4.78, 5) is 15.3. The third-order valence-corrected chi connectivity index (χ3v) is 2.60. The van der Waals surface area contributed by atoms with Crippen LogP contribution in [0.25, 0.3) is 0 Å². The molecule has 0 saturated heterocycles. The van der Waals surface area contributed by atoms with E-state index in [1.54, 1.807) is 0 Å². The summed E-state index contributed by atoms with van der Waals surface area (Å²) in [5, 5.41) is 0. The van der Waals surface area contributed by atoms with Crippen LogP contribution in [0.1, 0.15) is 38.5 Å². The Bertz CT molecular complexity index is 376. The van der Waals surface area contributed by atoms with E-state index in [1.165, 1.54) is 0 Å². The minimum atomic E-state index is -0.0793. The van der Waals surface area contributed by atoms with Crippen molar-refractivity contribution in [3.8, 4) is 0 Å². The number of nitrogens with two attached hydrogens (primary N) is 6. The van der Waals surface area contributed by atoms with Crippen LogP contribution in [0, 0.1) is 0 Å². The van der Waals surface area contributed by atoms with Gasteiger partial charge in [0.05, 0.1) is 0 Å². The van der Waals surface area contributed by atoms with Crippen molar-refractivity contribution in [2.75, 3.05) is 13.1 Å². The largest absolute Gasteiger partial charge is 0.370 e. The van der Waals surface area contributed by atoms with Gasteiger partial charge < -0.3 is 34.4 Å². The molecule has 0 spiro atoms. The van der Waals surface area contributed by atoms with Crippen LogP contribution in [0.4, 0.5) is 0 Å². The number of unbranched alkanes of at least 4 members (excludes halogenated alkanes) is 5. The van der Waals surface area contributed by atoms with Crippen molar-refractivity contribution < 1.29 is 0 Å². The average Bonchev–Trinajstić information content (AvgIpc) is 2.39. The molecule has 0 heterocycles. The molecule has 0 saturated carbocycles. The van der Waals surface area contributed by atoms with E-state index in [9.17, 15) is 0 Å². The minimum Gasteiger partial charge on any atom is -0.370 e. The van der Waals surface area contributed by atoms with Crippen LogP contribution < -0.4 is 34.4 Å². The van der Waals surface area contributed by atoms with E-state index in [-0.39, 0.29) is 23.8 Å². The SMILES string of the molecule is NC(N)=NC(N)=NCCCCCCCCN=C(N)N=C(N)N. The summed E-state index contributed by atoms with van der Waals surface area (Å²) in [6.45, 7) is 1.25. The molecule has 22 heavy (non-hydrogen) atoms. The summed E-state index contributed by atoms with van der Waals surface area (Å²) in [5.41, 5.74) is 31.7. The van der Waals surface area contributed by atoms with Crippen LogP contribution in [0.3, 0.4) is 0 Å². The van der Waals surface area contributed by atoms with Crippen molar-refractivity contribution in [1.82, 2.24) is 0 Å². The standard InChI is InChI=1S/C12H28N10/c13-9(14)21-11(17)19-7-5-3-1-2-4-6-8-20-12(18)22-10(15)16/h1-8H2,(H6,13,14,17,19,21)(H6,15,16,18,20,22). The Morgan fingerprint density at radius 3 is 1.14 bits per heavy atom. The topological polar surface area (TPSA) is 206 Å². The highest BCUT2D eigenvalue weighted by molar-refractivity contribution is 5.92. The zero-order valence-electron chi connectivity index (χ0n) is 12.9. The lowest BCUT2D eigenvalue weighted by Gasteiger charge is -2.00. The number of rotatable bonds is 9. The van der Waals surface area contributed by atoms with E-state index in [1.807, 2.05) is 0 Å². The monoisotopic (exact) mass is 312 g/mol. The molecule has 0 aliphatic heterocycles. The van der Waals surface area contributed by atoms with Crippen LogP contribution in [0.2, 0.25) is 0 Å². The quantitative estimate of drug-likeness (QED) is 0.169. The first-order chi connectivity index (χ1) is 10.4. The molecule has 0 unspecified atom stereocenters. The highest BCUT2D eigenvalue weighted by Crippen LogP contribution is 2.05. The molecule has 0 bridgehead atoms. The maximum atomic E-state index is 5.48. The molecule has 0 amide bonds. The number of guanidine groups is 4. The van der Waals surface area contributed by atoms with E-state index >= 15 is 0 Å². The Morgan fingerprint density at radius 2 is 0.818 bits per heavy atom. The Morgan fingerprint density at radius 1 is 0.500 bits per heavy atom. The molecule has 126 valence electrons. The van der Waals surface area contributed by atoms with Gasteiger partial charge in [0, 0.05) is 13.1 Å². The average molecular weight is 312 g/mol. The summed E-state index contributed by atoms with van der Waals surface area (Å²) in [7, 11) is 0. The van der Waals surface area contributed by atoms with Gasteiger partial charge in [0.1, 0.15) is 0 Å². The fourth-order valence-electron chi connectivity index (χ4n) is 1.65. The third kappa shape index (κ3) is 13.9. The van der Waals surface area contributed by atoms with E-state index in [2.05, 4.69) is 20.0 Å². The smallest absolute Gasteiger partial charge is 0.218 e. The third-order valence-electron chi connectivity index (χ3n) is 2.60. The van der Waals surface area contributed by atoms with Gasteiger partial charge >= 0.3 is 0 Å². The van der Waals surface area contributed by atoms with Crippen molar-refractivity contribution in [2.24, 2.45) is 54.4 Å². The van der Waals surface area contributed by atoms with Gasteiger partial charge in [0.15, 0.2) is 11.9 Å². The molecular weight excluding hydrogens is 284 g/mol. The molecule has 0 atom stereocenters. The number of aliphatic imine (C=N–C) groups is 4. The molecule has 0 aromatic rings. The van der Waals surface area contributed by atoms with Gasteiger partial charge in [0.2, 0.25) is 11.9 Å². The summed E-state index contributed by atoms with van der Waals surface area (Å²) in [6.07, 6.45) is 6.33. The molecule has 12 N–H and O–H groups in total. The van der Waals surface area contributed by atoms with Gasteiger partial charge in [-0.15, -0.1) is 0 Å². The highest BCUT2D eigenvalue weighted by atomic mass is 15.1. The molecule has 0 aliphatic rings. The Kier molecular flexibility index (Phi) is 10.8. The van der Waals surface area contributed by atoms with Gasteiger partial charge in [0.25, 0.3) is 0 Å². The summed E-state index contributed by atoms with van der Waals surface area (Å²) in [6, 6.07) is 0. The van der Waals surface area contributed by atoms with E-state index in [0.717, 1.165) is 38.5 Å². The predicted molar refractivity (Wildman–Crippen MR) is 92.3 cm³/mol. The van der Waals surface area contributed by atoms with E-state index in [0.29, 0.717) is 13.1 Å². The molecule has 0 aromatic heterocycles. The van der Waals surface area contributed by atoms with Crippen molar-refractivity contribution in [3.05, 3.63) is 0 Å². The van der Waals surface area contributed by atoms with Crippen LogP contribution in [-0.4, -0.2) is 36.9 Å². The molecule has 0 aromatic carbocycles. The normalized spacial score (nSPS) is 12.0. The zero-order valence-corrected chi connectivity index (χ0v) is 12.9. The fraction of sp³-hybridized carbons (Fsp3) is 0.667. The van der Waals surface area contributed by atoms with Crippen molar-refractivity contribution >= 4 is 23.8 Å². The zero-order chi connectivity index (χ0) is 16.8. The summed E-state index contributed by atoms with van der Waals surface area (Å²) >= 11 is 0. The van der Waals surface area contributed by atoms with Crippen molar-refractivity contribution in [3.63, 3.8) is 0 Å². The van der Waals surface area contributed by atoms with Gasteiger partial charge in [-0.05, 0) is 12.8 Å². The van der Waals surface area contributed by atoms with Gasteiger partial charge in [-0.3, -0.25) is 9.98 Å². The lowest BCUT2D eigenvalue weighted by Crippen LogP contribution is -2.26. The van der Waals surface area contributed by atoms with Gasteiger partial charge in [-0.25, -0.2) is 0 Å². The van der Waals surface area contributed by atoms with Crippen molar-refractivity contribution in [2.45, 2.75) is 38.5 Å². The number of nitrogens with zero attached hydrogens (tertiary/aromatic N) is 4. The molecule has 0 fully saturated rings. The maximum Gasteiger partial charge on any atom is 0.218 e. The summed E-state index contributed by atoms with van der Waals surface area (Å²) < 4.78 is 0. The lowest BCUT2D eigenvalue weighted by molar-refractivity contribution is 0.602. The maximum absolute atomic E-state index is 5.48. The molecular formula is C12H28N10. The Balaban J connectivity index is 3.52. The second-order valence-electron chi connectivity index (χ2n) is 4.67. The van der Waals surface area contributed by atoms with E-state index in [4.69, 9.17) is 34.4 Å². The second-order valence-corrected chi connectivity index (χ2v) is 4.67. The first-order valence-corrected chi connectivity index (χ1v) is 7.21. The summed E-state index contributed by atoms with van der Waals surface area (Å²) in [5.74, 6) is 0.0845. The van der Waals surface area contributed by atoms with Crippen LogP contribution in [-0.2, 0) is 0 Å². The first-order valence-electron chi connectivity index (χ1n) is 7.21. The van der Waals surface area contributed by atoms with Gasteiger partial charge in [-0.1, -0.05) is 25.7 Å². The predicted octanol–water partition coefficient (Wildman–Crippen LogP) is -1.50. The number of hydrogen-bond donors (Lipinski definition) is 6. The lowest BCUT2D eigenvalue weighted by atomic mass is 10.1. The van der Waals surface area contributed by atoms with Crippen LogP contribution in [0.15, 0.2) is 20.0 Å². The highest BCUT2D eigenvalue weighted by Gasteiger charge is 1.93. The molecule has 0 rings (SSSR count). The molecule has 0 aliphatic carbocycles. The van der Waals surface area contributed by atoms with Crippen LogP contribution in [0.5, 0.6) is 0 Å². The van der Waals surface area contributed by atoms with E-state index < -0.39 is 0 Å². The Labute approximate surface area is 130 Å².